The predicted molar refractivity (Wildman–Crippen MR) is 85.0 cm³/mol. The van der Waals surface area contributed by atoms with Crippen molar-refractivity contribution in [1.29, 1.82) is 0 Å². The van der Waals surface area contributed by atoms with E-state index in [0.717, 1.165) is 24.6 Å². The smallest absolute Gasteiger partial charge is 0.345 e. The maximum atomic E-state index is 12.1. The van der Waals surface area contributed by atoms with E-state index in [9.17, 15) is 9.59 Å². The molecule has 0 bridgehead atoms. The number of carbonyl (C=O) groups excluding carboxylic acids is 2. The fraction of sp³-hybridized carbons (Fsp3) is 0.769. The molecule has 0 heterocycles. The summed E-state index contributed by atoms with van der Waals surface area (Å²) in [5.74, 6) is -1.00. The summed E-state index contributed by atoms with van der Waals surface area (Å²) >= 11 is 0. The zero-order valence-corrected chi connectivity index (χ0v) is 14.6. The van der Waals surface area contributed by atoms with Crippen LogP contribution in [0.25, 0.3) is 0 Å². The summed E-state index contributed by atoms with van der Waals surface area (Å²) in [6.07, 6.45) is 3.77. The van der Waals surface area contributed by atoms with Gasteiger partial charge in [0.25, 0.3) is 0 Å². The van der Waals surface area contributed by atoms with E-state index in [2.05, 4.69) is 27.7 Å². The Labute approximate surface area is 117 Å². The Morgan fingerprint density at radius 1 is 0.895 bits per heavy atom. The van der Waals surface area contributed by atoms with Crippen molar-refractivity contribution < 1.29 is 19.1 Å². The fourth-order valence-corrected chi connectivity index (χ4v) is 14.0. The number of hydrogen-bond donors (Lipinski definition) is 0. The number of ether oxygens (including phenoxy) is 2. The minimum Gasteiger partial charge on any atom is -0.465 e. The van der Waals surface area contributed by atoms with Crippen LogP contribution in [0.4, 0.5) is 0 Å². The molecular weight excluding hydrogens is 282 g/mol. The summed E-state index contributed by atoms with van der Waals surface area (Å²) in [5.41, 5.74) is 0. The van der Waals surface area contributed by atoms with Gasteiger partial charge in [0.05, 0.1) is 14.2 Å². The van der Waals surface area contributed by atoms with Gasteiger partial charge in [-0.05, 0) is 24.6 Å². The molecule has 0 aromatic carbocycles. The largest absolute Gasteiger partial charge is 0.465 e. The third-order valence-electron chi connectivity index (χ3n) is 3.49. The van der Waals surface area contributed by atoms with Gasteiger partial charge in [0.2, 0.25) is 0 Å². The first kappa shape index (κ1) is 18.7. The Morgan fingerprint density at radius 3 is 1.47 bits per heavy atom. The molecule has 0 aliphatic heterocycles. The van der Waals surface area contributed by atoms with Gasteiger partial charge in [-0.25, -0.2) is 9.59 Å². The molecule has 0 rings (SSSR count). The third kappa shape index (κ3) is 3.83. The van der Waals surface area contributed by atoms with Gasteiger partial charge in [0.15, 0.2) is 0 Å². The van der Waals surface area contributed by atoms with Gasteiger partial charge < -0.3 is 9.47 Å². The molecule has 112 valence electrons. The molecule has 4 nitrogen and oxygen atoms in total. The van der Waals surface area contributed by atoms with E-state index in [1.54, 1.807) is 0 Å². The van der Waals surface area contributed by atoms with Gasteiger partial charge in [-0.1, -0.05) is 41.9 Å². The molecule has 0 radical (unpaired) electrons. The van der Waals surface area contributed by atoms with Gasteiger partial charge in [-0.2, -0.15) is 0 Å². The summed E-state index contributed by atoms with van der Waals surface area (Å²) in [4.78, 5) is 24.2. The average Bonchev–Trinajstić information content (AvgIpc) is 2.45. The Bertz CT molecular complexity index is 347. The number of hydrogen-bond acceptors (Lipinski definition) is 4. The molecule has 0 N–H and O–H groups in total. The van der Waals surface area contributed by atoms with Crippen LogP contribution >= 0.6 is 14.2 Å². The molecular formula is C13H26O4P2. The molecule has 0 aliphatic rings. The lowest BCUT2D eigenvalue weighted by Crippen LogP contribution is -2.29. The zero-order chi connectivity index (χ0) is 15.1. The Kier molecular flexibility index (Phi) is 8.61. The van der Waals surface area contributed by atoms with E-state index in [1.165, 1.54) is 14.2 Å². The first-order valence-corrected chi connectivity index (χ1v) is 11.2. The van der Waals surface area contributed by atoms with Crippen LogP contribution in [0.5, 0.6) is 0 Å². The number of rotatable bonds is 7. The van der Waals surface area contributed by atoms with E-state index >= 15 is 0 Å². The minimum atomic E-state index is -1.79. The lowest BCUT2D eigenvalue weighted by molar-refractivity contribution is -0.137. The molecule has 0 amide bonds. The van der Waals surface area contributed by atoms with Crippen molar-refractivity contribution in [3.8, 4) is 0 Å². The molecule has 19 heavy (non-hydrogen) atoms. The first-order chi connectivity index (χ1) is 8.98. The van der Waals surface area contributed by atoms with E-state index < -0.39 is 18.5 Å². The quantitative estimate of drug-likeness (QED) is 0.412. The van der Waals surface area contributed by atoms with Gasteiger partial charge in [-0.3, -0.25) is 0 Å². The zero-order valence-electron chi connectivity index (χ0n) is 12.9. The number of methoxy groups -OCH3 is 2. The number of esters is 2. The van der Waals surface area contributed by atoms with Crippen molar-refractivity contribution in [2.24, 2.45) is 0 Å². The fourth-order valence-electron chi connectivity index (χ4n) is 2.46. The Balaban J connectivity index is 6.29. The maximum Gasteiger partial charge on any atom is 0.345 e. The van der Waals surface area contributed by atoms with Crippen LogP contribution in [0, 0.1) is 0 Å². The molecule has 0 saturated carbocycles. The lowest BCUT2D eigenvalue weighted by atomic mass is 10.4. The van der Waals surface area contributed by atoms with Crippen molar-refractivity contribution in [1.82, 2.24) is 0 Å². The van der Waals surface area contributed by atoms with E-state index in [1.807, 2.05) is 0 Å². The molecule has 0 spiro atoms. The Hall–Kier alpha value is -0.330. The highest BCUT2D eigenvalue weighted by Crippen LogP contribution is 2.76. The van der Waals surface area contributed by atoms with Crippen molar-refractivity contribution >= 4 is 31.4 Å². The van der Waals surface area contributed by atoms with E-state index in [4.69, 9.17) is 9.47 Å². The van der Waals surface area contributed by atoms with Crippen LogP contribution in [0.15, 0.2) is 0 Å². The van der Waals surface area contributed by atoms with Crippen LogP contribution in [0.1, 0.15) is 27.7 Å². The minimum absolute atomic E-state index is 0.303. The standard InChI is InChI=1S/C13H26O4P2/c1-7-18(8-2)19(9-3,10-4)11(12(14)16-5)13(15)17-6/h7-10H2,1-6H3. The van der Waals surface area contributed by atoms with Gasteiger partial charge >= 0.3 is 11.9 Å². The van der Waals surface area contributed by atoms with Crippen LogP contribution < -0.4 is 0 Å². The second kappa shape index (κ2) is 8.76. The molecule has 0 fully saturated rings. The molecule has 0 aromatic heterocycles. The number of carbonyl (C=O) groups is 2. The highest BCUT2D eigenvalue weighted by atomic mass is 32.1. The summed E-state index contributed by atoms with van der Waals surface area (Å²) in [5, 5.41) is 0.303. The SMILES string of the molecule is CCP(CC)P(CC)(CC)=C(C(=O)OC)C(=O)OC. The van der Waals surface area contributed by atoms with E-state index in [0.29, 0.717) is 5.29 Å². The van der Waals surface area contributed by atoms with Crippen molar-refractivity contribution in [2.45, 2.75) is 27.7 Å². The third-order valence-corrected chi connectivity index (χ3v) is 16.6. The van der Waals surface area contributed by atoms with Crippen LogP contribution in [0.2, 0.25) is 0 Å². The van der Waals surface area contributed by atoms with Gasteiger partial charge in [0.1, 0.15) is 5.29 Å². The topological polar surface area (TPSA) is 52.6 Å². The Morgan fingerprint density at radius 2 is 1.26 bits per heavy atom. The second-order valence-electron chi connectivity index (χ2n) is 4.03. The highest BCUT2D eigenvalue weighted by molar-refractivity contribution is 8.38. The molecule has 0 atom stereocenters. The van der Waals surface area contributed by atoms with Crippen LogP contribution in [-0.2, 0) is 19.1 Å². The lowest BCUT2D eigenvalue weighted by Gasteiger charge is -2.34. The van der Waals surface area contributed by atoms with Crippen LogP contribution in [-0.4, -0.2) is 56.1 Å². The highest BCUT2D eigenvalue weighted by Gasteiger charge is 2.35. The van der Waals surface area contributed by atoms with Gasteiger partial charge in [-0.15, -0.1) is 0 Å². The monoisotopic (exact) mass is 308 g/mol. The van der Waals surface area contributed by atoms with E-state index in [-0.39, 0.29) is 7.61 Å². The van der Waals surface area contributed by atoms with Crippen molar-refractivity contribution in [2.75, 3.05) is 38.9 Å². The summed E-state index contributed by atoms with van der Waals surface area (Å²) in [6, 6.07) is 0. The summed E-state index contributed by atoms with van der Waals surface area (Å²) in [7, 11) is 2.30. The van der Waals surface area contributed by atoms with Gasteiger partial charge in [0, 0.05) is 0 Å². The molecule has 0 saturated heterocycles. The van der Waals surface area contributed by atoms with Crippen LogP contribution in [0.3, 0.4) is 0 Å². The molecule has 0 aliphatic carbocycles. The first-order valence-electron chi connectivity index (χ1n) is 6.65. The molecule has 0 aromatic rings. The summed E-state index contributed by atoms with van der Waals surface area (Å²) in [6.45, 7) is 6.64. The molecule has 0 unspecified atom stereocenters. The predicted octanol–water partition coefficient (Wildman–Crippen LogP) is 3.00. The van der Waals surface area contributed by atoms with Crippen molar-refractivity contribution in [3.05, 3.63) is 0 Å². The normalized spacial score (nSPS) is 11.3. The second-order valence-corrected chi connectivity index (χ2v) is 13.9. The van der Waals surface area contributed by atoms with Crippen molar-refractivity contribution in [3.63, 3.8) is 0 Å². The summed E-state index contributed by atoms with van der Waals surface area (Å²) < 4.78 is 9.69. The average molecular weight is 308 g/mol. The maximum absolute atomic E-state index is 12.1. The molecule has 6 heteroatoms.